The van der Waals surface area contributed by atoms with E-state index in [1.165, 1.54) is 18.3 Å². The van der Waals surface area contributed by atoms with Crippen molar-refractivity contribution in [3.63, 3.8) is 0 Å². The van der Waals surface area contributed by atoms with Gasteiger partial charge >= 0.3 is 0 Å². The highest BCUT2D eigenvalue weighted by Gasteiger charge is 2.11. The second kappa shape index (κ2) is 3.76. The molecule has 2 aromatic rings. The van der Waals surface area contributed by atoms with Gasteiger partial charge in [0.25, 0.3) is 0 Å². The maximum Gasteiger partial charge on any atom is 0.149 e. The van der Waals surface area contributed by atoms with Gasteiger partial charge in [-0.05, 0) is 44.0 Å². The summed E-state index contributed by atoms with van der Waals surface area (Å²) in [5, 5.41) is 1.06. The lowest BCUT2D eigenvalue weighted by Gasteiger charge is -2.04. The third-order valence-electron chi connectivity index (χ3n) is 1.81. The highest BCUT2D eigenvalue weighted by atomic mass is 79.9. The minimum atomic E-state index is -0.377. The van der Waals surface area contributed by atoms with Crippen molar-refractivity contribution >= 4 is 54.4 Å². The second-order valence-corrected chi connectivity index (χ2v) is 4.73. The Kier molecular flexibility index (Phi) is 2.77. The van der Waals surface area contributed by atoms with Gasteiger partial charge in [-0.3, -0.25) is 4.98 Å². The molecule has 1 nitrogen and oxygen atoms in total. The molecule has 0 fully saturated rings. The van der Waals surface area contributed by atoms with Crippen LogP contribution >= 0.6 is 43.5 Å². The van der Waals surface area contributed by atoms with Crippen molar-refractivity contribution < 1.29 is 4.39 Å². The molecule has 72 valence electrons. The van der Waals surface area contributed by atoms with E-state index in [9.17, 15) is 4.39 Å². The predicted molar refractivity (Wildman–Crippen MR) is 62.1 cm³/mol. The molecule has 0 radical (unpaired) electrons. The van der Waals surface area contributed by atoms with Crippen molar-refractivity contribution in [2.24, 2.45) is 0 Å². The van der Waals surface area contributed by atoms with Crippen LogP contribution in [0.25, 0.3) is 10.9 Å². The van der Waals surface area contributed by atoms with Crippen LogP contribution in [0, 0.1) is 5.82 Å². The van der Waals surface area contributed by atoms with E-state index in [2.05, 4.69) is 36.8 Å². The van der Waals surface area contributed by atoms with Gasteiger partial charge < -0.3 is 0 Å². The zero-order valence-electron chi connectivity index (χ0n) is 6.69. The van der Waals surface area contributed by atoms with E-state index in [1.807, 2.05) is 0 Å². The van der Waals surface area contributed by atoms with Gasteiger partial charge in [0.15, 0.2) is 0 Å². The highest BCUT2D eigenvalue weighted by Crippen LogP contribution is 2.35. The fourth-order valence-electron chi connectivity index (χ4n) is 1.17. The summed E-state index contributed by atoms with van der Waals surface area (Å²) in [5.74, 6) is -0.377. The molecule has 2 rings (SSSR count). The van der Waals surface area contributed by atoms with E-state index in [0.717, 1.165) is 4.47 Å². The highest BCUT2D eigenvalue weighted by molar-refractivity contribution is 9.13. The van der Waals surface area contributed by atoms with Crippen molar-refractivity contribution in [2.45, 2.75) is 0 Å². The van der Waals surface area contributed by atoms with Gasteiger partial charge in [0.05, 0.1) is 9.50 Å². The summed E-state index contributed by atoms with van der Waals surface area (Å²) >= 11 is 12.6. The third kappa shape index (κ3) is 1.55. The Bertz CT molecular complexity index is 516. The monoisotopic (exact) mass is 337 g/mol. The molecule has 5 heteroatoms. The standard InChI is InChI=1S/C9H3Br2ClFN/c10-4-3-14-9-6(13)2-1-5(12)7(9)8(4)11/h1-3H. The molecule has 0 spiro atoms. The molecule has 1 heterocycles. The maximum absolute atomic E-state index is 13.3. The van der Waals surface area contributed by atoms with Crippen LogP contribution in [0.2, 0.25) is 5.02 Å². The van der Waals surface area contributed by atoms with Crippen LogP contribution in [-0.4, -0.2) is 4.98 Å². The van der Waals surface area contributed by atoms with Gasteiger partial charge in [0.1, 0.15) is 11.3 Å². The van der Waals surface area contributed by atoms with Gasteiger partial charge in [0, 0.05) is 16.1 Å². The van der Waals surface area contributed by atoms with Gasteiger partial charge in [-0.25, -0.2) is 4.39 Å². The Morgan fingerprint density at radius 3 is 2.71 bits per heavy atom. The first-order valence-electron chi connectivity index (χ1n) is 3.69. The van der Waals surface area contributed by atoms with E-state index in [4.69, 9.17) is 11.6 Å². The molecule has 0 aliphatic carbocycles. The summed E-state index contributed by atoms with van der Waals surface area (Å²) in [7, 11) is 0. The summed E-state index contributed by atoms with van der Waals surface area (Å²) < 4.78 is 14.8. The Morgan fingerprint density at radius 1 is 1.29 bits per heavy atom. The van der Waals surface area contributed by atoms with Crippen LogP contribution in [0.4, 0.5) is 4.39 Å². The SMILES string of the molecule is Fc1ccc(Cl)c2c(Br)c(Br)cnc12. The number of aromatic nitrogens is 1. The molecule has 0 atom stereocenters. The predicted octanol–water partition coefficient (Wildman–Crippen LogP) is 4.55. The molecule has 0 aliphatic heterocycles. The zero-order valence-corrected chi connectivity index (χ0v) is 10.6. The number of halogens is 4. The Balaban J connectivity index is 3.01. The maximum atomic E-state index is 13.3. The van der Waals surface area contributed by atoms with Gasteiger partial charge in [-0.1, -0.05) is 11.6 Å². The summed E-state index contributed by atoms with van der Waals surface area (Å²) in [5.41, 5.74) is 0.271. The number of rotatable bonds is 0. The topological polar surface area (TPSA) is 12.9 Å². The number of fused-ring (bicyclic) bond motifs is 1. The van der Waals surface area contributed by atoms with E-state index >= 15 is 0 Å². The van der Waals surface area contributed by atoms with Crippen molar-refractivity contribution in [1.29, 1.82) is 0 Å². The van der Waals surface area contributed by atoms with Gasteiger partial charge in [0.2, 0.25) is 0 Å². The Morgan fingerprint density at radius 2 is 2.00 bits per heavy atom. The smallest absolute Gasteiger partial charge is 0.149 e. The molecule has 0 saturated carbocycles. The van der Waals surface area contributed by atoms with E-state index in [-0.39, 0.29) is 11.3 Å². The van der Waals surface area contributed by atoms with E-state index in [1.54, 1.807) is 0 Å². The zero-order chi connectivity index (χ0) is 10.3. The summed E-state index contributed by atoms with van der Waals surface area (Å²) in [6, 6.07) is 2.82. The first-order chi connectivity index (χ1) is 6.61. The average Bonchev–Trinajstić information content (AvgIpc) is 2.16. The molecule has 0 unspecified atom stereocenters. The molecular weight excluding hydrogens is 336 g/mol. The van der Waals surface area contributed by atoms with E-state index < -0.39 is 0 Å². The average molecular weight is 339 g/mol. The summed E-state index contributed by atoms with van der Waals surface area (Å²) in [6.07, 6.45) is 1.53. The lowest BCUT2D eigenvalue weighted by molar-refractivity contribution is 0.636. The summed E-state index contributed by atoms with van der Waals surface area (Å²) in [6.45, 7) is 0. The van der Waals surface area contributed by atoms with Crippen molar-refractivity contribution in [2.75, 3.05) is 0 Å². The van der Waals surface area contributed by atoms with Crippen molar-refractivity contribution in [1.82, 2.24) is 4.98 Å². The lowest BCUT2D eigenvalue weighted by atomic mass is 10.2. The van der Waals surface area contributed by atoms with E-state index in [0.29, 0.717) is 14.9 Å². The molecule has 0 bridgehead atoms. The van der Waals surface area contributed by atoms with Gasteiger partial charge in [-0.15, -0.1) is 0 Å². The molecular formula is C9H3Br2ClFN. The Hall–Kier alpha value is -0.190. The number of pyridine rings is 1. The molecule has 1 aromatic carbocycles. The quantitative estimate of drug-likeness (QED) is 0.686. The van der Waals surface area contributed by atoms with Crippen LogP contribution in [0.15, 0.2) is 27.3 Å². The van der Waals surface area contributed by atoms with Gasteiger partial charge in [-0.2, -0.15) is 0 Å². The molecule has 0 amide bonds. The third-order valence-corrected chi connectivity index (χ3v) is 4.09. The first-order valence-corrected chi connectivity index (χ1v) is 5.65. The Labute approximate surface area is 102 Å². The number of hydrogen-bond acceptors (Lipinski definition) is 1. The number of hydrogen-bond donors (Lipinski definition) is 0. The molecule has 0 aliphatic rings. The molecule has 0 N–H and O–H groups in total. The molecule has 1 aromatic heterocycles. The minimum Gasteiger partial charge on any atom is -0.252 e. The molecule has 0 saturated heterocycles. The fourth-order valence-corrected chi connectivity index (χ4v) is 2.34. The van der Waals surface area contributed by atoms with Crippen LogP contribution in [-0.2, 0) is 0 Å². The largest absolute Gasteiger partial charge is 0.252 e. The van der Waals surface area contributed by atoms with Crippen LogP contribution in [0.1, 0.15) is 0 Å². The summed E-state index contributed by atoms with van der Waals surface area (Å²) in [4.78, 5) is 3.97. The minimum absolute atomic E-state index is 0.271. The second-order valence-electron chi connectivity index (χ2n) is 2.67. The molecule has 14 heavy (non-hydrogen) atoms. The first kappa shape index (κ1) is 10.3. The lowest BCUT2D eigenvalue weighted by Crippen LogP contribution is -1.87. The van der Waals surface area contributed by atoms with Crippen LogP contribution in [0.3, 0.4) is 0 Å². The van der Waals surface area contributed by atoms with Crippen molar-refractivity contribution in [3.8, 4) is 0 Å². The fraction of sp³-hybridized carbons (Fsp3) is 0. The van der Waals surface area contributed by atoms with Crippen LogP contribution < -0.4 is 0 Å². The van der Waals surface area contributed by atoms with Crippen molar-refractivity contribution in [3.05, 3.63) is 38.1 Å². The number of benzene rings is 1. The number of nitrogens with zero attached hydrogens (tertiary/aromatic N) is 1. The van der Waals surface area contributed by atoms with Crippen LogP contribution in [0.5, 0.6) is 0 Å². The normalized spacial score (nSPS) is 10.9.